The lowest BCUT2D eigenvalue weighted by Crippen LogP contribution is -2.26. The third-order valence-corrected chi connectivity index (χ3v) is 5.90. The summed E-state index contributed by atoms with van der Waals surface area (Å²) in [5, 5.41) is 3.00. The zero-order valence-electron chi connectivity index (χ0n) is 20.0. The molecule has 4 rings (SSSR count). The van der Waals surface area contributed by atoms with Gasteiger partial charge in [-0.05, 0) is 67.8 Å². The van der Waals surface area contributed by atoms with Gasteiger partial charge in [0.1, 0.15) is 17.3 Å². The number of carbonyl (C=O) groups is 1. The molecular formula is C28H31N3O3. The minimum Gasteiger partial charge on any atom is -0.497 e. The number of ether oxygens (including phenoxy) is 2. The van der Waals surface area contributed by atoms with Crippen LogP contribution in [0.15, 0.2) is 66.7 Å². The molecule has 0 unspecified atom stereocenters. The van der Waals surface area contributed by atoms with E-state index in [0.717, 1.165) is 52.4 Å². The molecule has 0 radical (unpaired) electrons. The van der Waals surface area contributed by atoms with Gasteiger partial charge in [0.05, 0.1) is 24.8 Å². The Morgan fingerprint density at radius 3 is 2.44 bits per heavy atom. The lowest BCUT2D eigenvalue weighted by molar-refractivity contribution is 0.0954. The third kappa shape index (κ3) is 5.39. The highest BCUT2D eigenvalue weighted by Crippen LogP contribution is 2.23. The first kappa shape index (κ1) is 23.4. The average molecular weight is 458 g/mol. The van der Waals surface area contributed by atoms with E-state index in [4.69, 9.17) is 14.5 Å². The molecule has 0 saturated heterocycles. The molecule has 0 spiro atoms. The van der Waals surface area contributed by atoms with Gasteiger partial charge in [0.2, 0.25) is 0 Å². The first-order valence-corrected chi connectivity index (χ1v) is 11.6. The second-order valence-corrected chi connectivity index (χ2v) is 8.33. The van der Waals surface area contributed by atoms with Crippen LogP contribution in [0.25, 0.3) is 11.0 Å². The highest BCUT2D eigenvalue weighted by Gasteiger charge is 2.12. The summed E-state index contributed by atoms with van der Waals surface area (Å²) >= 11 is 0. The van der Waals surface area contributed by atoms with Crippen LogP contribution < -0.4 is 14.8 Å². The topological polar surface area (TPSA) is 65.4 Å². The summed E-state index contributed by atoms with van der Waals surface area (Å²) in [5.74, 6) is 2.56. The molecule has 6 nitrogen and oxygen atoms in total. The van der Waals surface area contributed by atoms with Gasteiger partial charge in [-0.25, -0.2) is 4.98 Å². The predicted molar refractivity (Wildman–Crippen MR) is 135 cm³/mol. The normalized spacial score (nSPS) is 10.9. The van der Waals surface area contributed by atoms with E-state index >= 15 is 0 Å². The largest absolute Gasteiger partial charge is 0.497 e. The summed E-state index contributed by atoms with van der Waals surface area (Å²) in [6.07, 6.45) is 1.51. The quantitative estimate of drug-likeness (QED) is 0.336. The van der Waals surface area contributed by atoms with Crippen molar-refractivity contribution >= 4 is 16.9 Å². The van der Waals surface area contributed by atoms with Crippen molar-refractivity contribution in [2.75, 3.05) is 20.3 Å². The molecule has 0 atom stereocenters. The zero-order valence-corrected chi connectivity index (χ0v) is 20.0. The number of imidazole rings is 1. The fourth-order valence-corrected chi connectivity index (χ4v) is 4.12. The van der Waals surface area contributed by atoms with Crippen LogP contribution in [0.3, 0.4) is 0 Å². The van der Waals surface area contributed by atoms with Gasteiger partial charge in [-0.15, -0.1) is 0 Å². The molecule has 34 heavy (non-hydrogen) atoms. The molecular weight excluding hydrogens is 426 g/mol. The van der Waals surface area contributed by atoms with Gasteiger partial charge in [-0.3, -0.25) is 4.79 Å². The number of aryl methyl sites for hydroxylation is 3. The average Bonchev–Trinajstić information content (AvgIpc) is 3.20. The molecule has 4 aromatic rings. The fourth-order valence-electron chi connectivity index (χ4n) is 4.12. The Hall–Kier alpha value is -3.80. The van der Waals surface area contributed by atoms with E-state index in [0.29, 0.717) is 25.1 Å². The summed E-state index contributed by atoms with van der Waals surface area (Å²) in [4.78, 5) is 17.3. The van der Waals surface area contributed by atoms with E-state index in [1.165, 1.54) is 0 Å². The van der Waals surface area contributed by atoms with Crippen molar-refractivity contribution in [2.45, 2.75) is 33.2 Å². The van der Waals surface area contributed by atoms with Gasteiger partial charge in [0.25, 0.3) is 5.91 Å². The first-order chi connectivity index (χ1) is 16.6. The molecule has 6 heteroatoms. The Morgan fingerprint density at radius 1 is 0.971 bits per heavy atom. The number of fused-ring (bicyclic) bond motifs is 1. The molecule has 176 valence electrons. The van der Waals surface area contributed by atoms with Crippen molar-refractivity contribution in [3.05, 3.63) is 89.2 Å². The van der Waals surface area contributed by atoms with E-state index in [1.54, 1.807) is 31.4 Å². The number of hydrogen-bond acceptors (Lipinski definition) is 4. The van der Waals surface area contributed by atoms with Crippen LogP contribution in [0.4, 0.5) is 0 Å². The number of carbonyl (C=O) groups excluding carboxylic acids is 1. The Morgan fingerprint density at radius 2 is 1.71 bits per heavy atom. The van der Waals surface area contributed by atoms with E-state index in [9.17, 15) is 4.79 Å². The van der Waals surface area contributed by atoms with Gasteiger partial charge in [-0.2, -0.15) is 0 Å². The smallest absolute Gasteiger partial charge is 0.251 e. The van der Waals surface area contributed by atoms with Crippen molar-refractivity contribution in [2.24, 2.45) is 0 Å². The van der Waals surface area contributed by atoms with Crippen molar-refractivity contribution in [1.29, 1.82) is 0 Å². The van der Waals surface area contributed by atoms with Crippen LogP contribution in [-0.2, 0) is 13.0 Å². The van der Waals surface area contributed by atoms with E-state index in [2.05, 4.69) is 48.0 Å². The summed E-state index contributed by atoms with van der Waals surface area (Å²) in [6.45, 7) is 6.08. The standard InChI is InChI=1S/C28H31N3O3/c1-20-8-6-9-21(2)27(20)34-19-7-18-31-25-11-5-4-10-24(25)30-26(31)16-17-29-28(32)22-12-14-23(33-3)15-13-22/h4-6,8-15H,7,16-19H2,1-3H3,(H,29,32). The number of nitrogens with one attached hydrogen (secondary N) is 1. The molecule has 1 N–H and O–H groups in total. The second kappa shape index (κ2) is 10.9. The third-order valence-electron chi connectivity index (χ3n) is 5.90. The highest BCUT2D eigenvalue weighted by molar-refractivity contribution is 5.94. The number of benzene rings is 3. The van der Waals surface area contributed by atoms with Crippen molar-refractivity contribution < 1.29 is 14.3 Å². The summed E-state index contributed by atoms with van der Waals surface area (Å²) in [7, 11) is 1.61. The predicted octanol–water partition coefficient (Wildman–Crippen LogP) is 5.10. The van der Waals surface area contributed by atoms with Crippen molar-refractivity contribution in [1.82, 2.24) is 14.9 Å². The van der Waals surface area contributed by atoms with Crippen LogP contribution in [0.1, 0.15) is 33.7 Å². The minimum atomic E-state index is -0.104. The molecule has 1 heterocycles. The Bertz CT molecular complexity index is 1240. The summed E-state index contributed by atoms with van der Waals surface area (Å²) in [5.41, 5.74) is 4.99. The Kier molecular flexibility index (Phi) is 7.48. The molecule has 0 fully saturated rings. The van der Waals surface area contributed by atoms with Gasteiger partial charge >= 0.3 is 0 Å². The van der Waals surface area contributed by atoms with Crippen LogP contribution in [0.5, 0.6) is 11.5 Å². The summed E-state index contributed by atoms with van der Waals surface area (Å²) in [6, 6.07) is 21.4. The number of amides is 1. The fraction of sp³-hybridized carbons (Fsp3) is 0.286. The van der Waals surface area contributed by atoms with Gasteiger partial charge in [-0.1, -0.05) is 30.3 Å². The number of methoxy groups -OCH3 is 1. The number of hydrogen-bond donors (Lipinski definition) is 1. The molecule has 1 aromatic heterocycles. The second-order valence-electron chi connectivity index (χ2n) is 8.33. The molecule has 3 aromatic carbocycles. The molecule has 0 aliphatic heterocycles. The molecule has 0 aliphatic carbocycles. The van der Waals surface area contributed by atoms with Crippen LogP contribution in [0, 0.1) is 13.8 Å². The number of aromatic nitrogens is 2. The molecule has 0 aliphatic rings. The van der Waals surface area contributed by atoms with Crippen molar-refractivity contribution in [3.8, 4) is 11.5 Å². The van der Waals surface area contributed by atoms with E-state index in [-0.39, 0.29) is 5.91 Å². The lowest BCUT2D eigenvalue weighted by atomic mass is 10.1. The highest BCUT2D eigenvalue weighted by atomic mass is 16.5. The van der Waals surface area contributed by atoms with Gasteiger partial charge in [0.15, 0.2) is 0 Å². The molecule has 0 saturated carbocycles. The maximum atomic E-state index is 12.5. The van der Waals surface area contributed by atoms with Crippen LogP contribution in [-0.4, -0.2) is 35.7 Å². The Balaban J connectivity index is 1.38. The van der Waals surface area contributed by atoms with Crippen LogP contribution in [0.2, 0.25) is 0 Å². The monoisotopic (exact) mass is 457 g/mol. The maximum absolute atomic E-state index is 12.5. The minimum absolute atomic E-state index is 0.104. The first-order valence-electron chi connectivity index (χ1n) is 11.6. The summed E-state index contributed by atoms with van der Waals surface area (Å²) < 4.78 is 13.5. The molecule has 0 bridgehead atoms. The van der Waals surface area contributed by atoms with Gasteiger partial charge in [0, 0.05) is 25.1 Å². The SMILES string of the molecule is COc1ccc(C(=O)NCCc2nc3ccccc3n2CCCOc2c(C)cccc2C)cc1. The number of nitrogens with zero attached hydrogens (tertiary/aromatic N) is 2. The number of rotatable bonds is 10. The van der Waals surface area contributed by atoms with Crippen molar-refractivity contribution in [3.63, 3.8) is 0 Å². The Labute approximate surface area is 200 Å². The van der Waals surface area contributed by atoms with Gasteiger partial charge < -0.3 is 19.4 Å². The lowest BCUT2D eigenvalue weighted by Gasteiger charge is -2.13. The van der Waals surface area contributed by atoms with E-state index < -0.39 is 0 Å². The van der Waals surface area contributed by atoms with E-state index in [1.807, 2.05) is 18.2 Å². The molecule has 1 amide bonds. The zero-order chi connectivity index (χ0) is 23.9. The van der Waals surface area contributed by atoms with Crippen LogP contribution >= 0.6 is 0 Å². The maximum Gasteiger partial charge on any atom is 0.251 e. The number of para-hydroxylation sites is 3.